The molecule has 0 radical (unpaired) electrons. The minimum absolute atomic E-state index is 0.0534. The summed E-state index contributed by atoms with van der Waals surface area (Å²) in [6, 6.07) is 7.35. The smallest absolute Gasteiger partial charge is 0.274 e. The summed E-state index contributed by atoms with van der Waals surface area (Å²) in [5.41, 5.74) is 0.310. The van der Waals surface area contributed by atoms with Gasteiger partial charge in [0.25, 0.3) is 11.5 Å². The molecule has 0 spiro atoms. The summed E-state index contributed by atoms with van der Waals surface area (Å²) in [6.45, 7) is 8.30. The molecule has 0 saturated carbocycles. The first-order valence-electron chi connectivity index (χ1n) is 10.7. The van der Waals surface area contributed by atoms with Gasteiger partial charge in [-0.25, -0.2) is 4.68 Å². The van der Waals surface area contributed by atoms with Crippen LogP contribution in [-0.4, -0.2) is 46.8 Å². The van der Waals surface area contributed by atoms with E-state index < -0.39 is 0 Å². The zero-order chi connectivity index (χ0) is 19.9. The van der Waals surface area contributed by atoms with Gasteiger partial charge in [-0.15, -0.1) is 0 Å². The van der Waals surface area contributed by atoms with Crippen LogP contribution in [0.15, 0.2) is 29.1 Å². The average molecular weight is 385 g/mol. The maximum Gasteiger partial charge on any atom is 0.274 e. The van der Waals surface area contributed by atoms with E-state index in [-0.39, 0.29) is 11.5 Å². The number of carbonyl (C=O) groups excluding carboxylic acids is 1. The maximum absolute atomic E-state index is 13.3. The number of rotatable bonds is 8. The molecule has 1 fully saturated rings. The van der Waals surface area contributed by atoms with E-state index in [0.717, 1.165) is 58.3 Å². The van der Waals surface area contributed by atoms with E-state index >= 15 is 0 Å². The lowest BCUT2D eigenvalue weighted by atomic mass is 9.96. The second kappa shape index (κ2) is 9.82. The Kier molecular flexibility index (Phi) is 7.20. The molecule has 1 aliphatic heterocycles. The zero-order valence-corrected chi connectivity index (χ0v) is 17.1. The van der Waals surface area contributed by atoms with Crippen LogP contribution in [0.4, 0.5) is 0 Å². The minimum atomic E-state index is -0.104. The Labute approximate surface area is 166 Å². The van der Waals surface area contributed by atoms with Crippen LogP contribution in [0.25, 0.3) is 10.8 Å². The number of amides is 1. The predicted octanol–water partition coefficient (Wildman–Crippen LogP) is 3.05. The van der Waals surface area contributed by atoms with Gasteiger partial charge in [-0.2, -0.15) is 5.10 Å². The molecule has 1 amide bonds. The van der Waals surface area contributed by atoms with Crippen molar-refractivity contribution in [3.05, 3.63) is 40.3 Å². The summed E-state index contributed by atoms with van der Waals surface area (Å²) in [4.78, 5) is 27.9. The van der Waals surface area contributed by atoms with Crippen LogP contribution in [0, 0.1) is 5.92 Å². The van der Waals surface area contributed by atoms with Gasteiger partial charge in [0.1, 0.15) is 0 Å². The second-order valence-electron chi connectivity index (χ2n) is 7.67. The van der Waals surface area contributed by atoms with Gasteiger partial charge in [0, 0.05) is 25.0 Å². The van der Waals surface area contributed by atoms with Crippen LogP contribution in [0.2, 0.25) is 0 Å². The highest BCUT2D eigenvalue weighted by Crippen LogP contribution is 2.21. The number of fused-ring (bicyclic) bond motifs is 1. The molecule has 0 atom stereocenters. The summed E-state index contributed by atoms with van der Waals surface area (Å²) < 4.78 is 1.49. The van der Waals surface area contributed by atoms with Gasteiger partial charge in [0.15, 0.2) is 5.69 Å². The third kappa shape index (κ3) is 4.61. The van der Waals surface area contributed by atoms with Crippen LogP contribution in [0.5, 0.6) is 0 Å². The summed E-state index contributed by atoms with van der Waals surface area (Å²) in [7, 11) is 0. The molecule has 2 aromatic rings. The molecule has 6 heteroatoms. The molecule has 1 aliphatic rings. The lowest BCUT2D eigenvalue weighted by Gasteiger charge is -2.32. The van der Waals surface area contributed by atoms with E-state index in [9.17, 15) is 9.59 Å². The molecule has 0 bridgehead atoms. The fourth-order valence-corrected chi connectivity index (χ4v) is 3.89. The molecule has 2 heterocycles. The molecule has 152 valence electrons. The standard InChI is InChI=1S/C22H32N4O2/c1-3-5-8-13-26-21(27)19-10-7-6-9-18(19)20(24-26)22(28)25-14-11-17(12-15-25)16-23-4-2/h6-7,9-10,17,23H,3-5,8,11-16H2,1-2H3. The van der Waals surface area contributed by atoms with E-state index in [1.165, 1.54) is 4.68 Å². The normalized spacial score (nSPS) is 15.3. The summed E-state index contributed by atoms with van der Waals surface area (Å²) in [5.74, 6) is 0.569. The van der Waals surface area contributed by atoms with Crippen LogP contribution in [0.1, 0.15) is 56.4 Å². The van der Waals surface area contributed by atoms with E-state index in [1.54, 1.807) is 6.07 Å². The monoisotopic (exact) mass is 384 g/mol. The number of nitrogens with zero attached hydrogens (tertiary/aromatic N) is 3. The molecular formula is C22H32N4O2. The van der Waals surface area contributed by atoms with Gasteiger partial charge in [-0.05, 0) is 44.3 Å². The van der Waals surface area contributed by atoms with Crippen LogP contribution in [0.3, 0.4) is 0 Å². The van der Waals surface area contributed by atoms with E-state index in [2.05, 4.69) is 24.3 Å². The van der Waals surface area contributed by atoms with Gasteiger partial charge in [-0.3, -0.25) is 9.59 Å². The van der Waals surface area contributed by atoms with Crippen LogP contribution >= 0.6 is 0 Å². The van der Waals surface area contributed by atoms with Crippen molar-refractivity contribution in [2.24, 2.45) is 5.92 Å². The lowest BCUT2D eigenvalue weighted by molar-refractivity contribution is 0.0683. The fraction of sp³-hybridized carbons (Fsp3) is 0.591. The van der Waals surface area contributed by atoms with Crippen molar-refractivity contribution in [1.29, 1.82) is 0 Å². The fourth-order valence-electron chi connectivity index (χ4n) is 3.89. The van der Waals surface area contributed by atoms with Crippen LogP contribution < -0.4 is 10.9 Å². The first kappa shape index (κ1) is 20.5. The Bertz CT molecular complexity index is 853. The van der Waals surface area contributed by atoms with E-state index in [4.69, 9.17) is 0 Å². The molecule has 6 nitrogen and oxygen atoms in total. The van der Waals surface area contributed by atoms with Gasteiger partial charge in [0.05, 0.1) is 5.39 Å². The third-order valence-corrected chi connectivity index (χ3v) is 5.63. The summed E-state index contributed by atoms with van der Waals surface area (Å²) >= 11 is 0. The number of piperidine rings is 1. The Balaban J connectivity index is 1.84. The number of hydrogen-bond acceptors (Lipinski definition) is 4. The number of unbranched alkanes of at least 4 members (excludes halogenated alkanes) is 2. The van der Waals surface area contributed by atoms with Crippen molar-refractivity contribution < 1.29 is 4.79 Å². The number of likely N-dealkylation sites (tertiary alicyclic amines) is 1. The number of hydrogen-bond donors (Lipinski definition) is 1. The summed E-state index contributed by atoms with van der Waals surface area (Å²) in [5, 5.41) is 9.17. The number of benzene rings is 1. The van der Waals surface area contributed by atoms with Crippen molar-refractivity contribution >= 4 is 16.7 Å². The van der Waals surface area contributed by atoms with Gasteiger partial charge in [0.2, 0.25) is 0 Å². The predicted molar refractivity (Wildman–Crippen MR) is 113 cm³/mol. The number of aromatic nitrogens is 2. The van der Waals surface area contributed by atoms with Crippen molar-refractivity contribution in [2.45, 2.75) is 52.5 Å². The van der Waals surface area contributed by atoms with Gasteiger partial charge < -0.3 is 10.2 Å². The first-order valence-corrected chi connectivity index (χ1v) is 10.7. The molecule has 28 heavy (non-hydrogen) atoms. The Hall–Kier alpha value is -2.21. The SMILES string of the molecule is CCCCCn1nc(C(=O)N2CCC(CNCC)CC2)c2ccccc2c1=O. The molecule has 0 unspecified atom stereocenters. The lowest BCUT2D eigenvalue weighted by Crippen LogP contribution is -2.42. The third-order valence-electron chi connectivity index (χ3n) is 5.63. The number of aryl methyl sites for hydroxylation is 1. The second-order valence-corrected chi connectivity index (χ2v) is 7.67. The zero-order valence-electron chi connectivity index (χ0n) is 17.1. The number of carbonyl (C=O) groups is 1. The molecule has 1 N–H and O–H groups in total. The molecule has 1 aromatic carbocycles. The Morgan fingerprint density at radius 1 is 1.14 bits per heavy atom. The summed E-state index contributed by atoms with van der Waals surface area (Å²) in [6.07, 6.45) is 5.03. The quantitative estimate of drug-likeness (QED) is 0.711. The Morgan fingerprint density at radius 3 is 2.54 bits per heavy atom. The largest absolute Gasteiger partial charge is 0.337 e. The van der Waals surface area contributed by atoms with E-state index in [0.29, 0.717) is 28.9 Å². The molecular weight excluding hydrogens is 352 g/mol. The van der Waals surface area contributed by atoms with Crippen molar-refractivity contribution in [3.63, 3.8) is 0 Å². The highest BCUT2D eigenvalue weighted by atomic mass is 16.2. The first-order chi connectivity index (χ1) is 13.7. The highest BCUT2D eigenvalue weighted by molar-refractivity contribution is 6.04. The number of nitrogens with one attached hydrogen (secondary N) is 1. The van der Waals surface area contributed by atoms with Crippen molar-refractivity contribution in [3.8, 4) is 0 Å². The minimum Gasteiger partial charge on any atom is -0.337 e. The van der Waals surface area contributed by atoms with Gasteiger partial charge in [-0.1, -0.05) is 44.9 Å². The average Bonchev–Trinajstić information content (AvgIpc) is 2.74. The molecule has 0 aliphatic carbocycles. The molecule has 1 saturated heterocycles. The Morgan fingerprint density at radius 2 is 1.86 bits per heavy atom. The molecule has 3 rings (SSSR count). The van der Waals surface area contributed by atoms with E-state index in [1.807, 2.05) is 23.1 Å². The highest BCUT2D eigenvalue weighted by Gasteiger charge is 2.26. The van der Waals surface area contributed by atoms with Crippen molar-refractivity contribution in [2.75, 3.05) is 26.2 Å². The van der Waals surface area contributed by atoms with Crippen LogP contribution in [-0.2, 0) is 6.54 Å². The maximum atomic E-state index is 13.3. The topological polar surface area (TPSA) is 67.2 Å². The van der Waals surface area contributed by atoms with Crippen molar-refractivity contribution in [1.82, 2.24) is 20.0 Å². The van der Waals surface area contributed by atoms with Gasteiger partial charge >= 0.3 is 0 Å². The molecule has 1 aromatic heterocycles.